The Hall–Kier alpha value is -2.37. The molecule has 0 spiro atoms. The van der Waals surface area contributed by atoms with Gasteiger partial charge < -0.3 is 15.4 Å². The van der Waals surface area contributed by atoms with Gasteiger partial charge in [-0.15, -0.1) is 0 Å². The smallest absolute Gasteiger partial charge is 0.328 e. The zero-order chi connectivity index (χ0) is 15.9. The number of hydrogen-bond donors (Lipinski definition) is 2. The minimum absolute atomic E-state index is 0.140. The van der Waals surface area contributed by atoms with Gasteiger partial charge in [-0.2, -0.15) is 0 Å². The standard InChI is InChI=1S/C16H20N2O4/c1-22-16(21)13(8-7-11-5-3-2-4-6-11)18-15(20)12-9-10-14(19)17-12/h2-6,12-13H,7-10H2,1H3,(H,17,19)(H,18,20)/t12-,13+/m0/s1. The van der Waals surface area contributed by atoms with Crippen LogP contribution in [0, 0.1) is 0 Å². The van der Waals surface area contributed by atoms with Crippen molar-refractivity contribution in [3.8, 4) is 0 Å². The average Bonchev–Trinajstić information content (AvgIpc) is 2.98. The zero-order valence-electron chi connectivity index (χ0n) is 12.5. The Kier molecular flexibility index (Phi) is 5.52. The number of hydrogen-bond acceptors (Lipinski definition) is 4. The second-order valence-corrected chi connectivity index (χ2v) is 5.27. The fourth-order valence-corrected chi connectivity index (χ4v) is 2.43. The number of ether oxygens (including phenoxy) is 1. The summed E-state index contributed by atoms with van der Waals surface area (Å²) in [6.45, 7) is 0. The zero-order valence-corrected chi connectivity index (χ0v) is 12.5. The molecule has 0 saturated carbocycles. The van der Waals surface area contributed by atoms with Crippen LogP contribution in [-0.2, 0) is 25.5 Å². The Labute approximate surface area is 129 Å². The van der Waals surface area contributed by atoms with Crippen molar-refractivity contribution in [1.82, 2.24) is 10.6 Å². The highest BCUT2D eigenvalue weighted by molar-refractivity contribution is 5.93. The number of aryl methyl sites for hydroxylation is 1. The van der Waals surface area contributed by atoms with E-state index in [1.807, 2.05) is 30.3 Å². The van der Waals surface area contributed by atoms with E-state index in [1.165, 1.54) is 7.11 Å². The van der Waals surface area contributed by atoms with Gasteiger partial charge in [0.15, 0.2) is 0 Å². The van der Waals surface area contributed by atoms with Crippen LogP contribution in [0.25, 0.3) is 0 Å². The summed E-state index contributed by atoms with van der Waals surface area (Å²) in [4.78, 5) is 35.1. The fourth-order valence-electron chi connectivity index (χ4n) is 2.43. The molecule has 2 atom stereocenters. The molecular formula is C16H20N2O4. The van der Waals surface area contributed by atoms with Crippen molar-refractivity contribution in [2.75, 3.05) is 7.11 Å². The molecule has 0 bridgehead atoms. The van der Waals surface area contributed by atoms with Crippen LogP contribution >= 0.6 is 0 Å². The van der Waals surface area contributed by atoms with Crippen molar-refractivity contribution < 1.29 is 19.1 Å². The van der Waals surface area contributed by atoms with Gasteiger partial charge in [0.05, 0.1) is 7.11 Å². The summed E-state index contributed by atoms with van der Waals surface area (Å²) in [5.41, 5.74) is 1.08. The molecule has 2 N–H and O–H groups in total. The first-order valence-corrected chi connectivity index (χ1v) is 7.31. The van der Waals surface area contributed by atoms with Gasteiger partial charge in [-0.1, -0.05) is 30.3 Å². The van der Waals surface area contributed by atoms with Gasteiger partial charge in [0.25, 0.3) is 0 Å². The van der Waals surface area contributed by atoms with E-state index in [9.17, 15) is 14.4 Å². The maximum absolute atomic E-state index is 12.1. The lowest BCUT2D eigenvalue weighted by Gasteiger charge is -2.19. The first-order valence-electron chi connectivity index (χ1n) is 7.31. The lowest BCUT2D eigenvalue weighted by molar-refractivity contribution is -0.145. The predicted molar refractivity (Wildman–Crippen MR) is 79.9 cm³/mol. The van der Waals surface area contributed by atoms with Crippen LogP contribution in [-0.4, -0.2) is 37.0 Å². The Balaban J connectivity index is 1.92. The van der Waals surface area contributed by atoms with Crippen LogP contribution in [0.1, 0.15) is 24.8 Å². The third-order valence-corrected chi connectivity index (χ3v) is 3.68. The third kappa shape index (κ3) is 4.31. The van der Waals surface area contributed by atoms with Crippen LogP contribution < -0.4 is 10.6 Å². The quantitative estimate of drug-likeness (QED) is 0.752. The van der Waals surface area contributed by atoms with Crippen molar-refractivity contribution in [2.45, 2.75) is 37.8 Å². The second-order valence-electron chi connectivity index (χ2n) is 5.27. The van der Waals surface area contributed by atoms with Gasteiger partial charge >= 0.3 is 5.97 Å². The van der Waals surface area contributed by atoms with Crippen LogP contribution in [0.4, 0.5) is 0 Å². The van der Waals surface area contributed by atoms with Crippen molar-refractivity contribution >= 4 is 17.8 Å². The monoisotopic (exact) mass is 304 g/mol. The maximum atomic E-state index is 12.1. The van der Waals surface area contributed by atoms with Gasteiger partial charge in [0.1, 0.15) is 12.1 Å². The summed E-state index contributed by atoms with van der Waals surface area (Å²) in [5.74, 6) is -0.957. The molecule has 0 aromatic heterocycles. The molecule has 1 aromatic carbocycles. The molecule has 6 heteroatoms. The summed E-state index contributed by atoms with van der Waals surface area (Å²) >= 11 is 0. The van der Waals surface area contributed by atoms with Crippen LogP contribution in [0.3, 0.4) is 0 Å². The number of nitrogens with one attached hydrogen (secondary N) is 2. The molecule has 2 amide bonds. The Bertz CT molecular complexity index is 544. The SMILES string of the molecule is COC(=O)[C@@H](CCc1ccccc1)NC(=O)[C@@H]1CCC(=O)N1. The average molecular weight is 304 g/mol. The molecule has 1 aliphatic heterocycles. The second kappa shape index (κ2) is 7.59. The summed E-state index contributed by atoms with van der Waals surface area (Å²) in [6.07, 6.45) is 1.89. The lowest BCUT2D eigenvalue weighted by Crippen LogP contribution is -2.49. The van der Waals surface area contributed by atoms with E-state index in [2.05, 4.69) is 10.6 Å². The van der Waals surface area contributed by atoms with Gasteiger partial charge in [-0.3, -0.25) is 9.59 Å². The first-order chi connectivity index (χ1) is 10.6. The highest BCUT2D eigenvalue weighted by atomic mass is 16.5. The highest BCUT2D eigenvalue weighted by Gasteiger charge is 2.30. The van der Waals surface area contributed by atoms with Crippen molar-refractivity contribution in [1.29, 1.82) is 0 Å². The van der Waals surface area contributed by atoms with Crippen molar-refractivity contribution in [3.63, 3.8) is 0 Å². The molecule has 6 nitrogen and oxygen atoms in total. The van der Waals surface area contributed by atoms with E-state index >= 15 is 0 Å². The van der Waals surface area contributed by atoms with Crippen LogP contribution in [0.5, 0.6) is 0 Å². The number of carbonyl (C=O) groups is 3. The minimum atomic E-state index is -0.713. The Morgan fingerprint density at radius 1 is 1.36 bits per heavy atom. The molecule has 1 fully saturated rings. The van der Waals surface area contributed by atoms with E-state index in [0.29, 0.717) is 25.7 Å². The molecule has 0 aliphatic carbocycles. The molecule has 22 heavy (non-hydrogen) atoms. The number of amides is 2. The topological polar surface area (TPSA) is 84.5 Å². The number of rotatable bonds is 6. The molecule has 118 valence electrons. The molecule has 2 rings (SSSR count). The van der Waals surface area contributed by atoms with Gasteiger partial charge in [-0.05, 0) is 24.8 Å². The van der Waals surface area contributed by atoms with Gasteiger partial charge in [0.2, 0.25) is 11.8 Å². The van der Waals surface area contributed by atoms with E-state index < -0.39 is 18.1 Å². The number of esters is 1. The van der Waals surface area contributed by atoms with E-state index in [0.717, 1.165) is 5.56 Å². The molecule has 0 unspecified atom stereocenters. The number of benzene rings is 1. The van der Waals surface area contributed by atoms with E-state index in [-0.39, 0.29) is 11.8 Å². The number of carbonyl (C=O) groups excluding carboxylic acids is 3. The Morgan fingerprint density at radius 2 is 2.09 bits per heavy atom. The lowest BCUT2D eigenvalue weighted by atomic mass is 10.0. The van der Waals surface area contributed by atoms with Crippen molar-refractivity contribution in [3.05, 3.63) is 35.9 Å². The summed E-state index contributed by atoms with van der Waals surface area (Å²) in [6, 6.07) is 8.43. The fraction of sp³-hybridized carbons (Fsp3) is 0.438. The molecule has 1 saturated heterocycles. The van der Waals surface area contributed by atoms with Gasteiger partial charge in [-0.25, -0.2) is 4.79 Å². The van der Waals surface area contributed by atoms with E-state index in [4.69, 9.17) is 4.74 Å². The summed E-state index contributed by atoms with van der Waals surface area (Å²) < 4.78 is 4.74. The largest absolute Gasteiger partial charge is 0.467 e. The van der Waals surface area contributed by atoms with Gasteiger partial charge in [0, 0.05) is 6.42 Å². The third-order valence-electron chi connectivity index (χ3n) is 3.68. The predicted octanol–water partition coefficient (Wildman–Crippen LogP) is 0.556. The normalized spacial score (nSPS) is 18.4. The van der Waals surface area contributed by atoms with Crippen LogP contribution in [0.15, 0.2) is 30.3 Å². The van der Waals surface area contributed by atoms with Crippen LogP contribution in [0.2, 0.25) is 0 Å². The molecule has 1 aliphatic rings. The number of methoxy groups -OCH3 is 1. The Morgan fingerprint density at radius 3 is 2.68 bits per heavy atom. The van der Waals surface area contributed by atoms with E-state index in [1.54, 1.807) is 0 Å². The highest BCUT2D eigenvalue weighted by Crippen LogP contribution is 2.09. The molecule has 1 aromatic rings. The summed E-state index contributed by atoms with van der Waals surface area (Å²) in [5, 5.41) is 5.26. The summed E-state index contributed by atoms with van der Waals surface area (Å²) in [7, 11) is 1.29. The molecule has 0 radical (unpaired) electrons. The maximum Gasteiger partial charge on any atom is 0.328 e. The molecule has 1 heterocycles. The molecular weight excluding hydrogens is 284 g/mol. The minimum Gasteiger partial charge on any atom is -0.467 e. The first kappa shape index (κ1) is 16.0. The van der Waals surface area contributed by atoms with Crippen molar-refractivity contribution in [2.24, 2.45) is 0 Å².